The van der Waals surface area contributed by atoms with Crippen LogP contribution in [0.3, 0.4) is 0 Å². The molecule has 0 aliphatic carbocycles. The van der Waals surface area contributed by atoms with Gasteiger partial charge in [0.25, 0.3) is 0 Å². The zero-order chi connectivity index (χ0) is 17.9. The molecule has 0 unspecified atom stereocenters. The number of ether oxygens (including phenoxy) is 2. The fourth-order valence-electron chi connectivity index (χ4n) is 1.97. The van der Waals surface area contributed by atoms with Crippen molar-refractivity contribution in [1.29, 1.82) is 0 Å². The largest absolute Gasteiger partial charge is 0.465 e. The molecule has 0 bridgehead atoms. The van der Waals surface area contributed by atoms with Gasteiger partial charge in [-0.3, -0.25) is 9.59 Å². The van der Waals surface area contributed by atoms with Gasteiger partial charge >= 0.3 is 11.9 Å². The van der Waals surface area contributed by atoms with Crippen molar-refractivity contribution in [3.05, 3.63) is 0 Å². The molecule has 0 aromatic rings. The Hall–Kier alpha value is -1.14. The first-order valence-corrected chi connectivity index (χ1v) is 8.42. The molecular weight excluding hydrogens is 296 g/mol. The molecule has 0 aliphatic heterocycles. The Labute approximate surface area is 141 Å². The highest BCUT2D eigenvalue weighted by molar-refractivity contribution is 5.72. The number of hydrogen-bond acceptors (Lipinski definition) is 4. The minimum absolute atomic E-state index is 0.232. The lowest BCUT2D eigenvalue weighted by Gasteiger charge is -2.23. The zero-order valence-electron chi connectivity index (χ0n) is 15.9. The monoisotopic (exact) mass is 332 g/mol. The minimum atomic E-state index is -0.232. The molecule has 0 saturated heterocycles. The molecule has 0 rings (SSSR count). The zero-order valence-corrected chi connectivity index (χ0v) is 15.9. The predicted molar refractivity (Wildman–Crippen MR) is 90.8 cm³/mol. The molecule has 0 fully saturated rings. The molecule has 136 valence electrons. The molecule has 0 aliphatic rings. The van der Waals surface area contributed by atoms with Gasteiger partial charge in [0, 0.05) is 25.7 Å². The number of carbonyl (C=O) groups is 2. The van der Waals surface area contributed by atoms with Crippen molar-refractivity contribution in [2.75, 3.05) is 68.6 Å². The first kappa shape index (κ1) is 21.9. The van der Waals surface area contributed by atoms with E-state index in [0.29, 0.717) is 19.6 Å². The number of quaternary nitrogens is 2. The fraction of sp³-hybridized carbons (Fsp3) is 0.882. The lowest BCUT2D eigenvalue weighted by atomic mass is 10.2. The second-order valence-corrected chi connectivity index (χ2v) is 8.03. The molecule has 0 saturated carbocycles. The summed E-state index contributed by atoms with van der Waals surface area (Å²) < 4.78 is 12.0. The first-order chi connectivity index (χ1) is 10.5. The van der Waals surface area contributed by atoms with E-state index in [1.165, 1.54) is 0 Å². The Bertz CT molecular complexity index is 323. The quantitative estimate of drug-likeness (QED) is 0.308. The lowest BCUT2D eigenvalue weighted by Crippen LogP contribution is -2.35. The second kappa shape index (κ2) is 10.6. The van der Waals surface area contributed by atoms with Crippen LogP contribution >= 0.6 is 0 Å². The summed E-state index contributed by atoms with van der Waals surface area (Å²) in [5, 5.41) is 0. The molecule has 0 N–H and O–H groups in total. The number of nitrogens with zero attached hydrogens (tertiary/aromatic N) is 2. The van der Waals surface area contributed by atoms with Crippen molar-refractivity contribution in [2.45, 2.75) is 32.1 Å². The predicted octanol–water partition coefficient (Wildman–Crippen LogP) is 1.44. The van der Waals surface area contributed by atoms with Crippen molar-refractivity contribution in [3.63, 3.8) is 0 Å². The van der Waals surface area contributed by atoms with Gasteiger partial charge in [-0.15, -0.1) is 0 Å². The van der Waals surface area contributed by atoms with E-state index in [1.807, 2.05) is 0 Å². The van der Waals surface area contributed by atoms with E-state index < -0.39 is 0 Å². The summed E-state index contributed by atoms with van der Waals surface area (Å²) in [5.41, 5.74) is 0. The summed E-state index contributed by atoms with van der Waals surface area (Å²) in [6.45, 7) is 2.83. The molecule has 0 amide bonds. The van der Waals surface area contributed by atoms with E-state index >= 15 is 0 Å². The van der Waals surface area contributed by atoms with E-state index in [2.05, 4.69) is 42.3 Å². The maximum atomic E-state index is 11.5. The van der Waals surface area contributed by atoms with Crippen LogP contribution in [-0.2, 0) is 19.1 Å². The normalized spacial score (nSPS) is 12.1. The second-order valence-electron chi connectivity index (χ2n) is 8.03. The molecule has 0 aromatic heterocycles. The van der Waals surface area contributed by atoms with Crippen molar-refractivity contribution in [1.82, 2.24) is 0 Å². The highest BCUT2D eigenvalue weighted by Crippen LogP contribution is 2.02. The molecular formula is C17H36N2O4+2. The van der Waals surface area contributed by atoms with Crippen LogP contribution in [-0.4, -0.2) is 89.5 Å². The fourth-order valence-corrected chi connectivity index (χ4v) is 1.97. The standard InChI is InChI=1S/C17H36N2O4/c1-18(2,3)12-8-14-22-16(20)10-7-11-17(21)23-15-9-13-19(4,5)6/h7-15H2,1-6H3/q+2. The molecule has 0 radical (unpaired) electrons. The third kappa shape index (κ3) is 17.1. The average Bonchev–Trinajstić information content (AvgIpc) is 2.38. The highest BCUT2D eigenvalue weighted by atomic mass is 16.5. The van der Waals surface area contributed by atoms with Crippen LogP contribution < -0.4 is 0 Å². The van der Waals surface area contributed by atoms with Crippen molar-refractivity contribution in [2.24, 2.45) is 0 Å². The maximum Gasteiger partial charge on any atom is 0.305 e. The van der Waals surface area contributed by atoms with Gasteiger partial charge in [-0.25, -0.2) is 0 Å². The third-order valence-corrected chi connectivity index (χ3v) is 3.23. The first-order valence-electron chi connectivity index (χ1n) is 8.42. The van der Waals surface area contributed by atoms with Crippen LogP contribution in [0, 0.1) is 0 Å². The van der Waals surface area contributed by atoms with E-state index in [1.54, 1.807) is 0 Å². The van der Waals surface area contributed by atoms with Gasteiger partial charge in [0.2, 0.25) is 0 Å². The van der Waals surface area contributed by atoms with Gasteiger partial charge in [-0.05, 0) is 6.42 Å². The van der Waals surface area contributed by atoms with E-state index in [9.17, 15) is 9.59 Å². The van der Waals surface area contributed by atoms with Crippen LogP contribution in [0.25, 0.3) is 0 Å². The van der Waals surface area contributed by atoms with Crippen LogP contribution in [0.15, 0.2) is 0 Å². The lowest BCUT2D eigenvalue weighted by molar-refractivity contribution is -0.870. The average molecular weight is 332 g/mol. The summed E-state index contributed by atoms with van der Waals surface area (Å²) in [4.78, 5) is 23.1. The van der Waals surface area contributed by atoms with Gasteiger partial charge in [0.05, 0.1) is 68.6 Å². The van der Waals surface area contributed by atoms with E-state index in [0.717, 1.165) is 34.9 Å². The van der Waals surface area contributed by atoms with Gasteiger partial charge in [0.1, 0.15) is 0 Å². The van der Waals surface area contributed by atoms with Crippen LogP contribution in [0.1, 0.15) is 32.1 Å². The Balaban J connectivity index is 3.54. The molecule has 0 atom stereocenters. The summed E-state index contributed by atoms with van der Waals surface area (Å²) >= 11 is 0. The van der Waals surface area contributed by atoms with E-state index in [-0.39, 0.29) is 24.8 Å². The SMILES string of the molecule is C[N+](C)(C)CCCOC(=O)CCCC(=O)OCCC[N+](C)(C)C. The number of hydrogen-bond donors (Lipinski definition) is 0. The van der Waals surface area contributed by atoms with Crippen molar-refractivity contribution >= 4 is 11.9 Å². The number of carbonyl (C=O) groups excluding carboxylic acids is 2. The topological polar surface area (TPSA) is 52.6 Å². The van der Waals surface area contributed by atoms with Crippen LogP contribution in [0.2, 0.25) is 0 Å². The molecule has 0 aromatic carbocycles. The summed E-state index contributed by atoms with van der Waals surface area (Å²) in [7, 11) is 12.6. The van der Waals surface area contributed by atoms with Gasteiger partial charge in [-0.2, -0.15) is 0 Å². The molecule has 0 spiro atoms. The number of esters is 2. The Kier molecular flexibility index (Phi) is 10.1. The van der Waals surface area contributed by atoms with Crippen molar-refractivity contribution in [3.8, 4) is 0 Å². The van der Waals surface area contributed by atoms with Crippen molar-refractivity contribution < 1.29 is 28.0 Å². The van der Waals surface area contributed by atoms with E-state index in [4.69, 9.17) is 9.47 Å². The highest BCUT2D eigenvalue weighted by Gasteiger charge is 2.10. The number of rotatable bonds is 12. The van der Waals surface area contributed by atoms with Crippen LogP contribution in [0.4, 0.5) is 0 Å². The Morgan fingerprint density at radius 2 is 1.00 bits per heavy atom. The van der Waals surface area contributed by atoms with Gasteiger partial charge < -0.3 is 18.4 Å². The third-order valence-electron chi connectivity index (χ3n) is 3.23. The maximum absolute atomic E-state index is 11.5. The summed E-state index contributed by atoms with van der Waals surface area (Å²) in [6.07, 6.45) is 2.74. The molecule has 0 heterocycles. The Morgan fingerprint density at radius 1 is 0.652 bits per heavy atom. The minimum Gasteiger partial charge on any atom is -0.465 e. The summed E-state index contributed by atoms with van der Waals surface area (Å²) in [5.74, 6) is -0.464. The molecule has 23 heavy (non-hydrogen) atoms. The smallest absolute Gasteiger partial charge is 0.305 e. The van der Waals surface area contributed by atoms with Gasteiger partial charge in [-0.1, -0.05) is 0 Å². The summed E-state index contributed by atoms with van der Waals surface area (Å²) in [6, 6.07) is 0. The molecule has 6 nitrogen and oxygen atoms in total. The molecule has 6 heteroatoms. The van der Waals surface area contributed by atoms with Gasteiger partial charge in [0.15, 0.2) is 0 Å². The van der Waals surface area contributed by atoms with Crippen LogP contribution in [0.5, 0.6) is 0 Å². The Morgan fingerprint density at radius 3 is 1.30 bits per heavy atom.